The molecule has 2 unspecified atom stereocenters. The summed E-state index contributed by atoms with van der Waals surface area (Å²) in [6.45, 7) is 7.70. The van der Waals surface area contributed by atoms with Gasteiger partial charge in [0, 0.05) is 39.3 Å². The first-order valence-corrected chi connectivity index (χ1v) is 11.8. The molecule has 0 spiro atoms. The van der Waals surface area contributed by atoms with Gasteiger partial charge in [-0.05, 0) is 43.0 Å². The van der Waals surface area contributed by atoms with Crippen LogP contribution in [-0.4, -0.2) is 52.1 Å². The molecule has 33 heavy (non-hydrogen) atoms. The summed E-state index contributed by atoms with van der Waals surface area (Å²) < 4.78 is 2.07. The lowest BCUT2D eigenvalue weighted by Gasteiger charge is -2.42. The van der Waals surface area contributed by atoms with Crippen LogP contribution in [0.1, 0.15) is 50.8 Å². The number of hydrogen-bond donors (Lipinski definition) is 1. The number of likely N-dealkylation sites (tertiary alicyclic amines) is 1. The number of nitriles is 1. The molecular weight excluding hydrogens is 412 g/mol. The highest BCUT2D eigenvalue weighted by atomic mass is 16.1. The standard InChI is InChI=1S/C26H34N6O/c1-6-18-12-19(24(14-27)32-15-20(16-32)29-25(33)7-2)8-9-22(18)31(5)26(3)11-10-21-23(13-26)30(4)17-28-21/h8-10,12-13,17,20,24H,6-7,11,15-16H2,1-5H3,(H,29,33). The number of aromatic nitrogens is 2. The average Bonchev–Trinajstić information content (AvgIpc) is 3.16. The van der Waals surface area contributed by atoms with Gasteiger partial charge in [-0.15, -0.1) is 0 Å². The topological polar surface area (TPSA) is 77.2 Å². The first-order chi connectivity index (χ1) is 15.8. The van der Waals surface area contributed by atoms with Crippen LogP contribution in [0.4, 0.5) is 5.69 Å². The molecule has 1 aliphatic carbocycles. The molecule has 0 saturated carbocycles. The second-order valence-corrected chi connectivity index (χ2v) is 9.44. The quantitative estimate of drug-likeness (QED) is 0.699. The number of amides is 1. The summed E-state index contributed by atoms with van der Waals surface area (Å²) in [5, 5.41) is 15.1. The van der Waals surface area contributed by atoms with Crippen molar-refractivity contribution in [2.45, 2.75) is 57.7 Å². The van der Waals surface area contributed by atoms with Crippen molar-refractivity contribution >= 4 is 23.7 Å². The van der Waals surface area contributed by atoms with Gasteiger partial charge in [-0.1, -0.05) is 32.1 Å². The molecule has 7 heteroatoms. The Morgan fingerprint density at radius 3 is 2.82 bits per heavy atom. The zero-order valence-electron chi connectivity index (χ0n) is 20.3. The molecule has 7 nitrogen and oxygen atoms in total. The zero-order valence-corrected chi connectivity index (χ0v) is 20.3. The van der Waals surface area contributed by atoms with Crippen molar-refractivity contribution < 1.29 is 4.79 Å². The van der Waals surface area contributed by atoms with Crippen LogP contribution in [0, 0.1) is 11.3 Å². The maximum absolute atomic E-state index is 11.6. The summed E-state index contributed by atoms with van der Waals surface area (Å²) in [4.78, 5) is 20.6. The van der Waals surface area contributed by atoms with Gasteiger partial charge in [-0.25, -0.2) is 4.98 Å². The van der Waals surface area contributed by atoms with E-state index in [0.29, 0.717) is 19.5 Å². The van der Waals surface area contributed by atoms with Gasteiger partial charge in [-0.2, -0.15) is 5.26 Å². The average molecular weight is 447 g/mol. The number of anilines is 1. The Balaban J connectivity index is 1.56. The van der Waals surface area contributed by atoms with Gasteiger partial charge in [0.2, 0.25) is 5.91 Å². The Hall–Kier alpha value is -3.11. The predicted molar refractivity (Wildman–Crippen MR) is 131 cm³/mol. The first kappa shape index (κ1) is 23.1. The molecule has 0 bridgehead atoms. The normalized spacial score (nSPS) is 21.1. The summed E-state index contributed by atoms with van der Waals surface area (Å²) in [6.07, 6.45) is 8.66. The second-order valence-electron chi connectivity index (χ2n) is 9.44. The van der Waals surface area contributed by atoms with Crippen molar-refractivity contribution in [1.29, 1.82) is 5.26 Å². The van der Waals surface area contributed by atoms with Gasteiger partial charge in [0.05, 0.1) is 34.7 Å². The maximum Gasteiger partial charge on any atom is 0.220 e. The van der Waals surface area contributed by atoms with E-state index in [0.717, 1.165) is 29.1 Å². The molecule has 2 heterocycles. The maximum atomic E-state index is 11.6. The molecule has 1 amide bonds. The molecule has 1 aromatic heterocycles. The van der Waals surface area contributed by atoms with Gasteiger partial charge in [0.25, 0.3) is 0 Å². The van der Waals surface area contributed by atoms with Crippen LogP contribution in [0.25, 0.3) is 12.2 Å². The molecule has 0 radical (unpaired) electrons. The summed E-state index contributed by atoms with van der Waals surface area (Å²) >= 11 is 0. The van der Waals surface area contributed by atoms with E-state index < -0.39 is 0 Å². The predicted octanol–water partition coefficient (Wildman–Crippen LogP) is 1.62. The molecule has 2 aromatic rings. The van der Waals surface area contributed by atoms with Crippen molar-refractivity contribution in [2.24, 2.45) is 7.05 Å². The van der Waals surface area contributed by atoms with E-state index in [4.69, 9.17) is 0 Å². The van der Waals surface area contributed by atoms with Crippen LogP contribution in [-0.2, 0) is 18.3 Å². The molecule has 1 aromatic carbocycles. The number of hydrogen-bond acceptors (Lipinski definition) is 5. The van der Waals surface area contributed by atoms with Crippen molar-refractivity contribution in [3.63, 3.8) is 0 Å². The number of nitrogens with one attached hydrogen (secondary N) is 1. The molecule has 2 atom stereocenters. The van der Waals surface area contributed by atoms with E-state index in [1.807, 2.05) is 20.3 Å². The van der Waals surface area contributed by atoms with Crippen LogP contribution < -0.4 is 20.9 Å². The Labute approximate surface area is 196 Å². The lowest BCUT2D eigenvalue weighted by atomic mass is 9.90. The van der Waals surface area contributed by atoms with E-state index in [9.17, 15) is 10.1 Å². The minimum absolute atomic E-state index is 0.0670. The van der Waals surface area contributed by atoms with E-state index >= 15 is 0 Å². The minimum atomic E-state index is -0.299. The lowest BCUT2D eigenvalue weighted by molar-refractivity contribution is -0.122. The fourth-order valence-corrected chi connectivity index (χ4v) is 4.85. The second kappa shape index (κ2) is 9.03. The Morgan fingerprint density at radius 1 is 1.39 bits per heavy atom. The summed E-state index contributed by atoms with van der Waals surface area (Å²) in [5.41, 5.74) is 3.28. The molecule has 4 rings (SSSR count). The van der Waals surface area contributed by atoms with E-state index in [1.165, 1.54) is 11.3 Å². The van der Waals surface area contributed by atoms with Crippen LogP contribution in [0.5, 0.6) is 0 Å². The van der Waals surface area contributed by atoms with E-state index in [1.54, 1.807) is 0 Å². The van der Waals surface area contributed by atoms with Gasteiger partial charge in [-0.3, -0.25) is 9.69 Å². The largest absolute Gasteiger partial charge is 0.365 e. The Kier molecular flexibility index (Phi) is 6.31. The van der Waals surface area contributed by atoms with Crippen LogP contribution in [0.15, 0.2) is 24.5 Å². The highest BCUT2D eigenvalue weighted by Crippen LogP contribution is 2.34. The number of carbonyl (C=O) groups excluding carboxylic acids is 1. The van der Waals surface area contributed by atoms with Gasteiger partial charge in [0.15, 0.2) is 0 Å². The molecule has 1 aliphatic heterocycles. The SMILES string of the molecule is CCC(=O)NC1CN(C(C#N)c2ccc(N(C)C3(C)C=c4c(ncn4C)=CC3)c(CC)c2)C1. The molecule has 2 aliphatic rings. The number of imidazole rings is 1. The molecule has 1 fully saturated rings. The lowest BCUT2D eigenvalue weighted by Crippen LogP contribution is -2.59. The smallest absolute Gasteiger partial charge is 0.220 e. The Morgan fingerprint density at radius 2 is 2.15 bits per heavy atom. The third kappa shape index (κ3) is 4.28. The third-order valence-corrected chi connectivity index (χ3v) is 7.18. The van der Waals surface area contributed by atoms with Crippen molar-refractivity contribution in [3.8, 4) is 6.07 Å². The van der Waals surface area contributed by atoms with Crippen LogP contribution in [0.3, 0.4) is 0 Å². The number of fused-ring (bicyclic) bond motifs is 1. The zero-order chi connectivity index (χ0) is 23.8. The molecule has 174 valence electrons. The number of nitrogens with zero attached hydrogens (tertiary/aromatic N) is 5. The number of carbonyl (C=O) groups is 1. The molecule has 1 saturated heterocycles. The summed E-state index contributed by atoms with van der Waals surface area (Å²) in [6, 6.07) is 8.74. The first-order valence-electron chi connectivity index (χ1n) is 11.8. The van der Waals surface area contributed by atoms with Crippen molar-refractivity contribution in [2.75, 3.05) is 25.0 Å². The summed E-state index contributed by atoms with van der Waals surface area (Å²) in [5.74, 6) is 0.0670. The fourth-order valence-electron chi connectivity index (χ4n) is 4.85. The van der Waals surface area contributed by atoms with Gasteiger partial charge < -0.3 is 14.8 Å². The highest BCUT2D eigenvalue weighted by molar-refractivity contribution is 5.76. The van der Waals surface area contributed by atoms with Gasteiger partial charge >= 0.3 is 0 Å². The van der Waals surface area contributed by atoms with E-state index in [-0.39, 0.29) is 23.5 Å². The van der Waals surface area contributed by atoms with Crippen LogP contribution in [0.2, 0.25) is 0 Å². The van der Waals surface area contributed by atoms with Crippen molar-refractivity contribution in [3.05, 3.63) is 46.4 Å². The summed E-state index contributed by atoms with van der Waals surface area (Å²) in [7, 11) is 4.18. The molecule has 1 N–H and O–H groups in total. The Bertz CT molecular complexity index is 1200. The third-order valence-electron chi connectivity index (χ3n) is 7.18. The monoisotopic (exact) mass is 446 g/mol. The van der Waals surface area contributed by atoms with Crippen LogP contribution >= 0.6 is 0 Å². The van der Waals surface area contributed by atoms with E-state index in [2.05, 4.69) is 82.0 Å². The van der Waals surface area contributed by atoms with Gasteiger partial charge in [0.1, 0.15) is 6.04 Å². The number of aryl methyl sites for hydroxylation is 2. The minimum Gasteiger partial charge on any atom is -0.365 e. The van der Waals surface area contributed by atoms with Crippen molar-refractivity contribution in [1.82, 2.24) is 19.8 Å². The number of rotatable bonds is 7. The fraction of sp³-hybridized carbons (Fsp3) is 0.500. The molecular formula is C26H34N6O. The number of benzene rings is 1. The highest BCUT2D eigenvalue weighted by Gasteiger charge is 2.35.